The molecular formula is C14H10FNO4. The predicted octanol–water partition coefficient (Wildman–Crippen LogP) is 3.22. The first-order valence-corrected chi connectivity index (χ1v) is 5.65. The number of benzene rings is 2. The monoisotopic (exact) mass is 275 g/mol. The molecule has 2 aromatic carbocycles. The van der Waals surface area contributed by atoms with Crippen molar-refractivity contribution in [1.29, 1.82) is 0 Å². The molecule has 0 saturated heterocycles. The highest BCUT2D eigenvalue weighted by Crippen LogP contribution is 2.35. The predicted molar refractivity (Wildman–Crippen MR) is 70.4 cm³/mol. The van der Waals surface area contributed by atoms with E-state index in [4.69, 9.17) is 4.74 Å². The largest absolute Gasteiger partial charge is 0.494 e. The van der Waals surface area contributed by atoms with Crippen LogP contribution in [0.4, 0.5) is 10.1 Å². The first-order chi connectivity index (χ1) is 9.58. The average molecular weight is 275 g/mol. The molecule has 0 fully saturated rings. The van der Waals surface area contributed by atoms with E-state index in [1.807, 2.05) is 0 Å². The summed E-state index contributed by atoms with van der Waals surface area (Å²) in [5.41, 5.74) is -0.0315. The summed E-state index contributed by atoms with van der Waals surface area (Å²) in [6.07, 6.45) is 0.499. The molecule has 2 rings (SSSR count). The van der Waals surface area contributed by atoms with E-state index in [1.54, 1.807) is 0 Å². The van der Waals surface area contributed by atoms with E-state index >= 15 is 0 Å². The molecule has 0 aliphatic carbocycles. The number of ether oxygens (including phenoxy) is 1. The maximum atomic E-state index is 14.2. The number of aldehydes is 1. The van der Waals surface area contributed by atoms with Crippen LogP contribution in [0.25, 0.3) is 11.1 Å². The van der Waals surface area contributed by atoms with Gasteiger partial charge in [-0.1, -0.05) is 18.2 Å². The van der Waals surface area contributed by atoms with Crippen LogP contribution in [0.5, 0.6) is 5.75 Å². The zero-order chi connectivity index (χ0) is 14.7. The fourth-order valence-electron chi connectivity index (χ4n) is 1.88. The smallest absolute Gasteiger partial charge is 0.278 e. The van der Waals surface area contributed by atoms with Crippen molar-refractivity contribution in [3.63, 3.8) is 0 Å². The van der Waals surface area contributed by atoms with Gasteiger partial charge in [-0.2, -0.15) is 0 Å². The number of hydrogen-bond donors (Lipinski definition) is 0. The number of nitro groups is 1. The molecule has 20 heavy (non-hydrogen) atoms. The Hall–Kier alpha value is -2.76. The number of methoxy groups -OCH3 is 1. The highest BCUT2D eigenvalue weighted by molar-refractivity contribution is 5.82. The van der Waals surface area contributed by atoms with Gasteiger partial charge in [0.1, 0.15) is 6.29 Å². The van der Waals surface area contributed by atoms with Crippen LogP contribution in [-0.2, 0) is 0 Å². The van der Waals surface area contributed by atoms with Crippen molar-refractivity contribution in [1.82, 2.24) is 0 Å². The standard InChI is InChI=1S/C14H10FNO4/c1-20-13-4-2-3-11(14(13)15)10-6-5-9(8-17)7-12(10)16(18)19/h2-8H,1H3. The number of hydrogen-bond acceptors (Lipinski definition) is 4. The van der Waals surface area contributed by atoms with Crippen LogP contribution in [0.15, 0.2) is 36.4 Å². The van der Waals surface area contributed by atoms with E-state index in [0.29, 0.717) is 6.29 Å². The molecule has 102 valence electrons. The van der Waals surface area contributed by atoms with Gasteiger partial charge in [0.05, 0.1) is 17.6 Å². The van der Waals surface area contributed by atoms with Gasteiger partial charge in [0.25, 0.3) is 5.69 Å². The van der Waals surface area contributed by atoms with Gasteiger partial charge in [0, 0.05) is 17.2 Å². The number of carbonyl (C=O) groups excluding carboxylic acids is 1. The second-order valence-corrected chi connectivity index (χ2v) is 3.97. The number of nitrogens with zero attached hydrogens (tertiary/aromatic N) is 1. The van der Waals surface area contributed by atoms with Gasteiger partial charge in [-0.05, 0) is 12.1 Å². The Bertz CT molecular complexity index is 685. The fraction of sp³-hybridized carbons (Fsp3) is 0.0714. The Morgan fingerprint density at radius 1 is 1.25 bits per heavy atom. The molecule has 0 unspecified atom stereocenters. The summed E-state index contributed by atoms with van der Waals surface area (Å²) < 4.78 is 19.0. The van der Waals surface area contributed by atoms with Crippen LogP contribution >= 0.6 is 0 Å². The highest BCUT2D eigenvalue weighted by Gasteiger charge is 2.20. The Morgan fingerprint density at radius 3 is 2.60 bits per heavy atom. The number of nitro benzene ring substituents is 1. The minimum Gasteiger partial charge on any atom is -0.494 e. The molecular weight excluding hydrogens is 265 g/mol. The summed E-state index contributed by atoms with van der Waals surface area (Å²) in [6, 6.07) is 8.23. The lowest BCUT2D eigenvalue weighted by Gasteiger charge is -2.08. The van der Waals surface area contributed by atoms with Crippen molar-refractivity contribution in [3.8, 4) is 16.9 Å². The van der Waals surface area contributed by atoms with Gasteiger partial charge in [0.2, 0.25) is 0 Å². The topological polar surface area (TPSA) is 69.4 Å². The van der Waals surface area contributed by atoms with Gasteiger partial charge < -0.3 is 4.74 Å². The minimum absolute atomic E-state index is 0.00346. The molecule has 0 amide bonds. The quantitative estimate of drug-likeness (QED) is 0.488. The summed E-state index contributed by atoms with van der Waals surface area (Å²) >= 11 is 0. The van der Waals surface area contributed by atoms with Crippen molar-refractivity contribution < 1.29 is 18.8 Å². The van der Waals surface area contributed by atoms with Gasteiger partial charge in [-0.15, -0.1) is 0 Å². The van der Waals surface area contributed by atoms with Crippen molar-refractivity contribution in [3.05, 3.63) is 57.9 Å². The molecule has 0 spiro atoms. The van der Waals surface area contributed by atoms with Gasteiger partial charge >= 0.3 is 0 Å². The highest BCUT2D eigenvalue weighted by atomic mass is 19.1. The Kier molecular flexibility index (Phi) is 3.74. The van der Waals surface area contributed by atoms with E-state index in [9.17, 15) is 19.3 Å². The van der Waals surface area contributed by atoms with E-state index in [2.05, 4.69) is 0 Å². The third-order valence-electron chi connectivity index (χ3n) is 2.83. The summed E-state index contributed by atoms with van der Waals surface area (Å²) in [6.45, 7) is 0. The maximum Gasteiger partial charge on any atom is 0.278 e. The number of rotatable bonds is 4. The van der Waals surface area contributed by atoms with Crippen LogP contribution in [-0.4, -0.2) is 18.3 Å². The molecule has 0 bridgehead atoms. The number of halogens is 1. The van der Waals surface area contributed by atoms with Gasteiger partial charge in [0.15, 0.2) is 11.6 Å². The zero-order valence-electron chi connectivity index (χ0n) is 10.5. The fourth-order valence-corrected chi connectivity index (χ4v) is 1.88. The molecule has 0 aliphatic heterocycles. The molecule has 0 atom stereocenters. The zero-order valence-corrected chi connectivity index (χ0v) is 10.5. The molecule has 0 N–H and O–H groups in total. The average Bonchev–Trinajstić information content (AvgIpc) is 2.47. The Balaban J connectivity index is 2.69. The lowest BCUT2D eigenvalue weighted by molar-refractivity contribution is -0.384. The van der Waals surface area contributed by atoms with Crippen molar-refractivity contribution in [2.24, 2.45) is 0 Å². The van der Waals surface area contributed by atoms with Gasteiger partial charge in [-0.3, -0.25) is 14.9 Å². The van der Waals surface area contributed by atoms with E-state index in [-0.39, 0.29) is 28.1 Å². The third-order valence-corrected chi connectivity index (χ3v) is 2.83. The van der Waals surface area contributed by atoms with Crippen LogP contribution in [0.1, 0.15) is 10.4 Å². The lowest BCUT2D eigenvalue weighted by atomic mass is 10.0. The van der Waals surface area contributed by atoms with Gasteiger partial charge in [-0.25, -0.2) is 4.39 Å². The van der Waals surface area contributed by atoms with E-state index in [1.165, 1.54) is 37.4 Å². The number of carbonyl (C=O) groups is 1. The maximum absolute atomic E-state index is 14.2. The summed E-state index contributed by atoms with van der Waals surface area (Å²) in [7, 11) is 1.31. The SMILES string of the molecule is COc1cccc(-c2ccc(C=O)cc2[N+](=O)[O-])c1F. The van der Waals surface area contributed by atoms with Crippen molar-refractivity contribution in [2.75, 3.05) is 7.11 Å². The third kappa shape index (κ3) is 2.35. The molecule has 6 heteroatoms. The van der Waals surface area contributed by atoms with Crippen molar-refractivity contribution >= 4 is 12.0 Å². The first kappa shape index (κ1) is 13.7. The normalized spacial score (nSPS) is 10.1. The molecule has 0 aromatic heterocycles. The molecule has 0 radical (unpaired) electrons. The minimum atomic E-state index is -0.683. The first-order valence-electron chi connectivity index (χ1n) is 5.65. The summed E-state index contributed by atoms with van der Waals surface area (Å²) in [4.78, 5) is 21.1. The second-order valence-electron chi connectivity index (χ2n) is 3.97. The van der Waals surface area contributed by atoms with Crippen LogP contribution in [0.3, 0.4) is 0 Å². The molecule has 0 saturated carbocycles. The Morgan fingerprint density at radius 2 is 2.00 bits per heavy atom. The molecule has 2 aromatic rings. The van der Waals surface area contributed by atoms with Crippen molar-refractivity contribution in [2.45, 2.75) is 0 Å². The van der Waals surface area contributed by atoms with Crippen LogP contribution < -0.4 is 4.74 Å². The molecule has 0 aliphatic rings. The Labute approximate surface area is 113 Å². The van der Waals surface area contributed by atoms with Crippen LogP contribution in [0.2, 0.25) is 0 Å². The van der Waals surface area contributed by atoms with E-state index in [0.717, 1.165) is 6.07 Å². The van der Waals surface area contributed by atoms with Crippen LogP contribution in [0, 0.1) is 15.9 Å². The summed E-state index contributed by atoms with van der Waals surface area (Å²) in [5.74, 6) is -0.687. The molecule has 5 nitrogen and oxygen atoms in total. The lowest BCUT2D eigenvalue weighted by Crippen LogP contribution is -1.97. The van der Waals surface area contributed by atoms with E-state index < -0.39 is 10.7 Å². The molecule has 0 heterocycles. The summed E-state index contributed by atoms with van der Waals surface area (Å²) in [5, 5.41) is 11.1. The second kappa shape index (κ2) is 5.48.